The summed E-state index contributed by atoms with van der Waals surface area (Å²) in [4.78, 5) is 17.7. The fraction of sp³-hybridized carbons (Fsp3) is 0.429. The number of carbonyl (C=O) groups is 1. The summed E-state index contributed by atoms with van der Waals surface area (Å²) in [5.41, 5.74) is 9.51. The van der Waals surface area contributed by atoms with Crippen molar-refractivity contribution in [2.75, 3.05) is 12.3 Å². The second-order valence-electron chi connectivity index (χ2n) is 4.86. The van der Waals surface area contributed by atoms with Crippen LogP contribution in [0.15, 0.2) is 6.07 Å². The number of fused-ring (bicyclic) bond motifs is 3. The van der Waals surface area contributed by atoms with Gasteiger partial charge in [0, 0.05) is 11.9 Å². The van der Waals surface area contributed by atoms with E-state index in [0.29, 0.717) is 17.4 Å². The van der Waals surface area contributed by atoms with Crippen LogP contribution < -0.4 is 5.73 Å². The molecule has 20 heavy (non-hydrogen) atoms. The number of esters is 1. The molecule has 0 amide bonds. The first-order valence-electron chi connectivity index (χ1n) is 6.73. The first-order chi connectivity index (χ1) is 9.61. The van der Waals surface area contributed by atoms with Crippen molar-refractivity contribution in [2.45, 2.75) is 26.2 Å². The Hall–Kier alpha value is -1.82. The third-order valence-corrected chi connectivity index (χ3v) is 4.53. The van der Waals surface area contributed by atoms with Gasteiger partial charge in [-0.2, -0.15) is 0 Å². The molecule has 2 aromatic rings. The van der Waals surface area contributed by atoms with Gasteiger partial charge in [0.25, 0.3) is 0 Å². The average Bonchev–Trinajstić information content (AvgIpc) is 2.86. The normalized spacial score (nSPS) is 13.5. The van der Waals surface area contributed by atoms with Crippen LogP contribution >= 0.6 is 11.3 Å². The fourth-order valence-corrected chi connectivity index (χ4v) is 3.61. The van der Waals surface area contributed by atoms with Gasteiger partial charge >= 0.3 is 5.97 Å². The van der Waals surface area contributed by atoms with E-state index in [4.69, 9.17) is 10.5 Å². The van der Waals surface area contributed by atoms with Crippen molar-refractivity contribution in [1.29, 1.82) is 0 Å². The van der Waals surface area contributed by atoms with E-state index in [2.05, 4.69) is 4.98 Å². The fourth-order valence-electron chi connectivity index (χ4n) is 2.73. The first-order valence-corrected chi connectivity index (χ1v) is 7.54. The molecule has 2 aromatic heterocycles. The lowest BCUT2D eigenvalue weighted by atomic mass is 10.1. The van der Waals surface area contributed by atoms with Gasteiger partial charge in [-0.15, -0.1) is 11.3 Å². The van der Waals surface area contributed by atoms with Gasteiger partial charge in [-0.3, -0.25) is 0 Å². The maximum absolute atomic E-state index is 12.0. The summed E-state index contributed by atoms with van der Waals surface area (Å²) in [6.07, 6.45) is 2.99. The molecule has 0 saturated carbocycles. The summed E-state index contributed by atoms with van der Waals surface area (Å²) in [5.74, 6) is -0.284. The highest BCUT2D eigenvalue weighted by atomic mass is 32.1. The highest BCUT2D eigenvalue weighted by Gasteiger charge is 2.25. The summed E-state index contributed by atoms with van der Waals surface area (Å²) >= 11 is 1.54. The molecule has 0 atom stereocenters. The van der Waals surface area contributed by atoms with Gasteiger partial charge in [0.2, 0.25) is 0 Å². The lowest BCUT2D eigenvalue weighted by molar-refractivity contribution is 0.0515. The predicted octanol–water partition coefficient (Wildman–Crippen LogP) is 2.40. The smallest absolute Gasteiger partial charge is 0.354 e. The molecular formula is C14H17N3O2S. The molecule has 5 nitrogen and oxygen atoms in total. The SMILES string of the molecule is CCOC(=O)c1cc2c(n1C)-c1nc(N)sc1CCC2. The summed E-state index contributed by atoms with van der Waals surface area (Å²) < 4.78 is 6.99. The Morgan fingerprint density at radius 1 is 1.55 bits per heavy atom. The van der Waals surface area contributed by atoms with Crippen molar-refractivity contribution in [3.05, 3.63) is 22.2 Å². The minimum absolute atomic E-state index is 0.284. The molecule has 6 heteroatoms. The Labute approximate surface area is 121 Å². The topological polar surface area (TPSA) is 70.1 Å². The van der Waals surface area contributed by atoms with Crippen molar-refractivity contribution < 1.29 is 9.53 Å². The number of aromatic nitrogens is 2. The molecule has 0 bridgehead atoms. The lowest BCUT2D eigenvalue weighted by Gasteiger charge is -2.06. The van der Waals surface area contributed by atoms with Crippen LogP contribution in [0.4, 0.5) is 5.13 Å². The number of thiazole rings is 1. The van der Waals surface area contributed by atoms with Gasteiger partial charge in [-0.1, -0.05) is 0 Å². The third kappa shape index (κ3) is 2.00. The standard InChI is InChI=1S/C14H17N3O2S/c1-3-19-13(18)9-7-8-5-4-6-10-11(12(8)17(9)2)16-14(15)20-10/h7H,3-6H2,1-2H3,(H2,15,16). The number of ether oxygens (including phenoxy) is 1. The van der Waals surface area contributed by atoms with Crippen LogP contribution in [-0.2, 0) is 24.6 Å². The van der Waals surface area contributed by atoms with Crippen molar-refractivity contribution in [3.63, 3.8) is 0 Å². The van der Waals surface area contributed by atoms with Gasteiger partial charge in [-0.25, -0.2) is 9.78 Å². The molecule has 0 spiro atoms. The molecule has 0 aromatic carbocycles. The molecular weight excluding hydrogens is 274 g/mol. The lowest BCUT2D eigenvalue weighted by Crippen LogP contribution is -2.10. The monoisotopic (exact) mass is 291 g/mol. The van der Waals surface area contributed by atoms with Crippen molar-refractivity contribution in [3.8, 4) is 11.4 Å². The minimum atomic E-state index is -0.284. The average molecular weight is 291 g/mol. The number of nitrogens with zero attached hydrogens (tertiary/aromatic N) is 2. The molecule has 0 saturated heterocycles. The number of hydrogen-bond donors (Lipinski definition) is 1. The summed E-state index contributed by atoms with van der Waals surface area (Å²) in [6, 6.07) is 1.93. The predicted molar refractivity (Wildman–Crippen MR) is 78.9 cm³/mol. The zero-order chi connectivity index (χ0) is 14.3. The molecule has 3 rings (SSSR count). The van der Waals surface area contributed by atoms with Gasteiger partial charge in [0.05, 0.1) is 12.3 Å². The van der Waals surface area contributed by atoms with Crippen molar-refractivity contribution >= 4 is 22.4 Å². The van der Waals surface area contributed by atoms with Crippen LogP contribution in [0.3, 0.4) is 0 Å². The Morgan fingerprint density at radius 2 is 2.35 bits per heavy atom. The number of nitrogen functional groups attached to an aromatic ring is 1. The largest absolute Gasteiger partial charge is 0.461 e. The highest BCUT2D eigenvalue weighted by Crippen LogP contribution is 2.37. The molecule has 2 N–H and O–H groups in total. The highest BCUT2D eigenvalue weighted by molar-refractivity contribution is 7.15. The maximum Gasteiger partial charge on any atom is 0.354 e. The van der Waals surface area contributed by atoms with E-state index in [9.17, 15) is 4.79 Å². The zero-order valence-corrected chi connectivity index (χ0v) is 12.4. The second kappa shape index (κ2) is 4.94. The van der Waals surface area contributed by atoms with Crippen LogP contribution in [0.1, 0.15) is 34.3 Å². The number of hydrogen-bond acceptors (Lipinski definition) is 5. The van der Waals surface area contributed by atoms with Crippen LogP contribution in [0.2, 0.25) is 0 Å². The molecule has 1 aliphatic rings. The van der Waals surface area contributed by atoms with E-state index in [-0.39, 0.29) is 5.97 Å². The Bertz CT molecular complexity index is 672. The number of nitrogens with two attached hydrogens (primary N) is 1. The number of aryl methyl sites for hydroxylation is 2. The van der Waals surface area contributed by atoms with Crippen molar-refractivity contribution in [1.82, 2.24) is 9.55 Å². The first kappa shape index (κ1) is 13.2. The molecule has 0 fully saturated rings. The van der Waals surface area contributed by atoms with Gasteiger partial charge in [-0.05, 0) is 37.8 Å². The summed E-state index contributed by atoms with van der Waals surface area (Å²) in [7, 11) is 1.88. The molecule has 0 aliphatic heterocycles. The van der Waals surface area contributed by atoms with E-state index >= 15 is 0 Å². The number of rotatable bonds is 2. The molecule has 1 aliphatic carbocycles. The Balaban J connectivity index is 2.15. The molecule has 2 heterocycles. The van der Waals surface area contributed by atoms with Crippen LogP contribution in [0.25, 0.3) is 11.4 Å². The second-order valence-corrected chi connectivity index (χ2v) is 5.98. The summed E-state index contributed by atoms with van der Waals surface area (Å²) in [6.45, 7) is 2.19. The number of carbonyl (C=O) groups excluding carboxylic acids is 1. The minimum Gasteiger partial charge on any atom is -0.461 e. The molecule has 106 valence electrons. The van der Waals surface area contributed by atoms with E-state index in [1.807, 2.05) is 24.6 Å². The maximum atomic E-state index is 12.0. The Kier molecular flexibility index (Phi) is 3.25. The van der Waals surface area contributed by atoms with Gasteiger partial charge in [0.15, 0.2) is 5.13 Å². The van der Waals surface area contributed by atoms with Crippen molar-refractivity contribution in [2.24, 2.45) is 7.05 Å². The van der Waals surface area contributed by atoms with Gasteiger partial charge < -0.3 is 15.0 Å². The molecule has 0 unspecified atom stereocenters. The van der Waals surface area contributed by atoms with Crippen LogP contribution in [0, 0.1) is 0 Å². The van der Waals surface area contributed by atoms with E-state index in [1.165, 1.54) is 4.88 Å². The Morgan fingerprint density at radius 3 is 3.10 bits per heavy atom. The van der Waals surface area contributed by atoms with E-state index in [1.54, 1.807) is 11.3 Å². The summed E-state index contributed by atoms with van der Waals surface area (Å²) in [5, 5.41) is 0.585. The number of anilines is 1. The van der Waals surface area contributed by atoms with E-state index < -0.39 is 0 Å². The third-order valence-electron chi connectivity index (χ3n) is 3.58. The van der Waals surface area contributed by atoms with Gasteiger partial charge in [0.1, 0.15) is 11.4 Å². The van der Waals surface area contributed by atoms with Crippen LogP contribution in [-0.4, -0.2) is 22.1 Å². The van der Waals surface area contributed by atoms with E-state index in [0.717, 1.165) is 36.2 Å². The quantitative estimate of drug-likeness (QED) is 0.863. The molecule has 0 radical (unpaired) electrons. The van der Waals surface area contributed by atoms with Crippen LogP contribution in [0.5, 0.6) is 0 Å². The zero-order valence-electron chi connectivity index (χ0n) is 11.6.